The van der Waals surface area contributed by atoms with E-state index in [1.807, 2.05) is 0 Å². The predicted octanol–water partition coefficient (Wildman–Crippen LogP) is 1.91. The van der Waals surface area contributed by atoms with Gasteiger partial charge in [0.25, 0.3) is 5.91 Å². The molecular formula is C18H21FN2O5. The highest BCUT2D eigenvalue weighted by Crippen LogP contribution is 2.29. The SMILES string of the molecule is O=C(NCC1(CO)CCOCC1)c1coc(COc2ccc(F)cc2)n1. The number of halogens is 1. The monoisotopic (exact) mass is 364 g/mol. The van der Waals surface area contributed by atoms with E-state index in [1.165, 1.54) is 30.5 Å². The van der Waals surface area contributed by atoms with Crippen LogP contribution in [-0.2, 0) is 11.3 Å². The molecular weight excluding hydrogens is 343 g/mol. The third-order valence-corrected chi connectivity index (χ3v) is 4.47. The van der Waals surface area contributed by atoms with Gasteiger partial charge in [-0.05, 0) is 37.1 Å². The zero-order valence-corrected chi connectivity index (χ0v) is 14.2. The van der Waals surface area contributed by atoms with Gasteiger partial charge in [-0.15, -0.1) is 0 Å². The Balaban J connectivity index is 1.51. The number of hydrogen-bond acceptors (Lipinski definition) is 6. The second-order valence-corrected chi connectivity index (χ2v) is 6.32. The minimum Gasteiger partial charge on any atom is -0.484 e. The first-order valence-corrected chi connectivity index (χ1v) is 8.40. The maximum Gasteiger partial charge on any atom is 0.273 e. The lowest BCUT2D eigenvalue weighted by molar-refractivity contribution is -0.0146. The molecule has 0 bridgehead atoms. The van der Waals surface area contributed by atoms with Crippen LogP contribution >= 0.6 is 0 Å². The number of amides is 1. The second-order valence-electron chi connectivity index (χ2n) is 6.32. The molecule has 2 N–H and O–H groups in total. The highest BCUT2D eigenvalue weighted by atomic mass is 19.1. The van der Waals surface area contributed by atoms with Crippen LogP contribution in [0.2, 0.25) is 0 Å². The number of benzene rings is 1. The number of ether oxygens (including phenoxy) is 2. The highest BCUT2D eigenvalue weighted by molar-refractivity contribution is 5.91. The number of carbonyl (C=O) groups is 1. The van der Waals surface area contributed by atoms with Crippen LogP contribution in [0.5, 0.6) is 5.75 Å². The van der Waals surface area contributed by atoms with Gasteiger partial charge in [0, 0.05) is 25.2 Å². The lowest BCUT2D eigenvalue weighted by atomic mass is 9.81. The largest absolute Gasteiger partial charge is 0.484 e. The topological polar surface area (TPSA) is 93.8 Å². The third-order valence-electron chi connectivity index (χ3n) is 4.47. The summed E-state index contributed by atoms with van der Waals surface area (Å²) in [7, 11) is 0. The van der Waals surface area contributed by atoms with E-state index in [0.29, 0.717) is 38.3 Å². The first-order chi connectivity index (χ1) is 12.6. The molecule has 0 atom stereocenters. The molecule has 1 aromatic heterocycles. The molecule has 8 heteroatoms. The van der Waals surface area contributed by atoms with Gasteiger partial charge in [-0.2, -0.15) is 0 Å². The molecule has 140 valence electrons. The lowest BCUT2D eigenvalue weighted by Gasteiger charge is -2.35. The average Bonchev–Trinajstić information content (AvgIpc) is 3.15. The molecule has 0 radical (unpaired) electrons. The summed E-state index contributed by atoms with van der Waals surface area (Å²) in [6.45, 7) is 1.51. The summed E-state index contributed by atoms with van der Waals surface area (Å²) in [5, 5.41) is 12.4. The van der Waals surface area contributed by atoms with Crippen molar-refractivity contribution in [2.75, 3.05) is 26.4 Å². The van der Waals surface area contributed by atoms with E-state index in [4.69, 9.17) is 13.9 Å². The molecule has 2 aromatic rings. The summed E-state index contributed by atoms with van der Waals surface area (Å²) < 4.78 is 28.8. The van der Waals surface area contributed by atoms with E-state index < -0.39 is 0 Å². The molecule has 0 spiro atoms. The van der Waals surface area contributed by atoms with Crippen molar-refractivity contribution < 1.29 is 28.2 Å². The van der Waals surface area contributed by atoms with Crippen molar-refractivity contribution >= 4 is 5.91 Å². The number of nitrogens with one attached hydrogen (secondary N) is 1. The molecule has 0 unspecified atom stereocenters. The van der Waals surface area contributed by atoms with Crippen LogP contribution in [0.4, 0.5) is 4.39 Å². The van der Waals surface area contributed by atoms with E-state index in [0.717, 1.165) is 0 Å². The van der Waals surface area contributed by atoms with Crippen molar-refractivity contribution in [3.63, 3.8) is 0 Å². The van der Waals surface area contributed by atoms with Gasteiger partial charge < -0.3 is 24.3 Å². The minimum atomic E-state index is -0.374. The number of carbonyl (C=O) groups excluding carboxylic acids is 1. The number of rotatable bonds is 7. The van der Waals surface area contributed by atoms with Gasteiger partial charge >= 0.3 is 0 Å². The summed E-state index contributed by atoms with van der Waals surface area (Å²) in [4.78, 5) is 16.3. The van der Waals surface area contributed by atoms with Gasteiger partial charge in [0.15, 0.2) is 12.3 Å². The molecule has 2 heterocycles. The zero-order chi connectivity index (χ0) is 18.4. The molecule has 1 aliphatic heterocycles. The maximum atomic E-state index is 12.8. The fourth-order valence-electron chi connectivity index (χ4n) is 2.71. The number of aromatic nitrogens is 1. The lowest BCUT2D eigenvalue weighted by Crippen LogP contribution is -2.43. The second kappa shape index (κ2) is 8.29. The van der Waals surface area contributed by atoms with Gasteiger partial charge in [-0.3, -0.25) is 4.79 Å². The standard InChI is InChI=1S/C18H21FN2O5/c19-13-1-3-14(4-2-13)25-10-16-21-15(9-26-16)17(23)20-11-18(12-22)5-7-24-8-6-18/h1-4,9,22H,5-8,10-12H2,(H,20,23). The number of hydrogen-bond donors (Lipinski definition) is 2. The Morgan fingerprint density at radius 3 is 2.73 bits per heavy atom. The van der Waals surface area contributed by atoms with Crippen molar-refractivity contribution in [3.8, 4) is 5.75 Å². The normalized spacial score (nSPS) is 16.2. The number of nitrogens with zero attached hydrogens (tertiary/aromatic N) is 1. The predicted molar refractivity (Wildman–Crippen MR) is 89.1 cm³/mol. The molecule has 1 aromatic carbocycles. The van der Waals surface area contributed by atoms with E-state index in [9.17, 15) is 14.3 Å². The van der Waals surface area contributed by atoms with Crippen molar-refractivity contribution in [3.05, 3.63) is 47.9 Å². The number of aliphatic hydroxyl groups is 1. The summed E-state index contributed by atoms with van der Waals surface area (Å²) >= 11 is 0. The van der Waals surface area contributed by atoms with Crippen molar-refractivity contribution in [1.29, 1.82) is 0 Å². The smallest absolute Gasteiger partial charge is 0.273 e. The van der Waals surface area contributed by atoms with Gasteiger partial charge in [0.1, 0.15) is 17.8 Å². The Morgan fingerprint density at radius 1 is 1.31 bits per heavy atom. The van der Waals surface area contributed by atoms with Crippen LogP contribution in [0, 0.1) is 11.2 Å². The molecule has 26 heavy (non-hydrogen) atoms. The quantitative estimate of drug-likeness (QED) is 0.780. The summed E-state index contributed by atoms with van der Waals surface area (Å²) in [5.74, 6) is -0.0128. The number of oxazole rings is 1. The van der Waals surface area contributed by atoms with Crippen LogP contribution < -0.4 is 10.1 Å². The minimum absolute atomic E-state index is 0.00772. The van der Waals surface area contributed by atoms with E-state index >= 15 is 0 Å². The van der Waals surface area contributed by atoms with Gasteiger partial charge in [-0.1, -0.05) is 0 Å². The van der Waals surface area contributed by atoms with E-state index in [2.05, 4.69) is 10.3 Å². The van der Waals surface area contributed by atoms with Crippen molar-refractivity contribution in [2.24, 2.45) is 5.41 Å². The van der Waals surface area contributed by atoms with E-state index in [1.54, 1.807) is 0 Å². The molecule has 1 aliphatic rings. The first kappa shape index (κ1) is 18.3. The van der Waals surface area contributed by atoms with Gasteiger partial charge in [0.05, 0.1) is 6.61 Å². The van der Waals surface area contributed by atoms with Crippen molar-refractivity contribution in [2.45, 2.75) is 19.4 Å². The van der Waals surface area contributed by atoms with Crippen LogP contribution in [-0.4, -0.2) is 42.4 Å². The number of aliphatic hydroxyl groups excluding tert-OH is 1. The maximum absolute atomic E-state index is 12.8. The fraction of sp³-hybridized carbons (Fsp3) is 0.444. The molecule has 0 aliphatic carbocycles. The molecule has 1 saturated heterocycles. The Hall–Kier alpha value is -2.45. The molecule has 7 nitrogen and oxygen atoms in total. The van der Waals surface area contributed by atoms with Gasteiger partial charge in [0.2, 0.25) is 5.89 Å². The van der Waals surface area contributed by atoms with Crippen LogP contribution in [0.1, 0.15) is 29.2 Å². The van der Waals surface area contributed by atoms with Crippen molar-refractivity contribution in [1.82, 2.24) is 10.3 Å². The fourth-order valence-corrected chi connectivity index (χ4v) is 2.71. The summed E-state index contributed by atoms with van der Waals surface area (Å²) in [6, 6.07) is 5.57. The summed E-state index contributed by atoms with van der Waals surface area (Å²) in [5.41, 5.74) is -0.213. The van der Waals surface area contributed by atoms with Crippen LogP contribution in [0.25, 0.3) is 0 Å². The Labute approximate surface area is 150 Å². The Morgan fingerprint density at radius 2 is 2.04 bits per heavy atom. The highest BCUT2D eigenvalue weighted by Gasteiger charge is 2.32. The van der Waals surface area contributed by atoms with Gasteiger partial charge in [-0.25, -0.2) is 9.37 Å². The van der Waals surface area contributed by atoms with E-state index in [-0.39, 0.29) is 41.9 Å². The molecule has 1 fully saturated rings. The molecule has 3 rings (SSSR count). The summed E-state index contributed by atoms with van der Waals surface area (Å²) in [6.07, 6.45) is 2.65. The molecule has 0 saturated carbocycles. The first-order valence-electron chi connectivity index (χ1n) is 8.40. The molecule has 1 amide bonds. The average molecular weight is 364 g/mol. The van der Waals surface area contributed by atoms with Crippen LogP contribution in [0.15, 0.2) is 34.9 Å². The third kappa shape index (κ3) is 4.59. The Kier molecular flexibility index (Phi) is 5.85. The Bertz CT molecular complexity index is 725. The van der Waals surface area contributed by atoms with Crippen LogP contribution in [0.3, 0.4) is 0 Å². The zero-order valence-electron chi connectivity index (χ0n) is 14.2.